The summed E-state index contributed by atoms with van der Waals surface area (Å²) in [5, 5.41) is 6.31. The summed E-state index contributed by atoms with van der Waals surface area (Å²) in [7, 11) is 0. The average Bonchev–Trinajstić information content (AvgIpc) is 2.41. The summed E-state index contributed by atoms with van der Waals surface area (Å²) < 4.78 is 1.20. The van der Waals surface area contributed by atoms with Crippen LogP contribution in [0.25, 0.3) is 0 Å². The topological polar surface area (TPSA) is 41.1 Å². The zero-order valence-corrected chi connectivity index (χ0v) is 13.4. The van der Waals surface area contributed by atoms with E-state index in [4.69, 9.17) is 0 Å². The largest absolute Gasteiger partial charge is 0.376 e. The maximum atomic E-state index is 11.9. The summed E-state index contributed by atoms with van der Waals surface area (Å²) in [4.78, 5) is 11.9. The Balaban J connectivity index is 1.76. The number of carbonyl (C=O) groups is 1. The molecule has 0 unspecified atom stereocenters. The Bertz CT molecular complexity index is 419. The number of benzene rings is 1. The third-order valence-electron chi connectivity index (χ3n) is 3.76. The summed E-state index contributed by atoms with van der Waals surface area (Å²) in [5.41, 5.74) is 0.993. The molecule has 2 atom stereocenters. The number of hydrogen-bond donors (Lipinski definition) is 2. The van der Waals surface area contributed by atoms with Crippen LogP contribution in [0.1, 0.15) is 32.6 Å². The molecule has 0 saturated heterocycles. The molecule has 1 aromatic carbocycles. The Morgan fingerprint density at radius 1 is 1.26 bits per heavy atom. The summed E-state index contributed by atoms with van der Waals surface area (Å²) in [5.74, 6) is 0.702. The van der Waals surface area contributed by atoms with Crippen LogP contribution in [0.5, 0.6) is 0 Å². The molecule has 3 nitrogen and oxygen atoms in total. The number of halogens is 1. The van der Waals surface area contributed by atoms with Gasteiger partial charge in [-0.05, 0) is 65.6 Å². The summed E-state index contributed by atoms with van der Waals surface area (Å²) >= 11 is 2.27. The van der Waals surface area contributed by atoms with Gasteiger partial charge < -0.3 is 10.6 Å². The van der Waals surface area contributed by atoms with E-state index in [9.17, 15) is 4.79 Å². The zero-order valence-electron chi connectivity index (χ0n) is 11.3. The molecule has 2 rings (SSSR count). The molecule has 0 radical (unpaired) electrons. The lowest BCUT2D eigenvalue weighted by Crippen LogP contribution is -2.43. The summed E-state index contributed by atoms with van der Waals surface area (Å²) in [6, 6.07) is 8.42. The van der Waals surface area contributed by atoms with E-state index in [0.29, 0.717) is 18.5 Å². The molecule has 0 bridgehead atoms. The van der Waals surface area contributed by atoms with Crippen LogP contribution < -0.4 is 10.6 Å². The minimum Gasteiger partial charge on any atom is -0.376 e. The van der Waals surface area contributed by atoms with Crippen LogP contribution in [-0.2, 0) is 4.79 Å². The first-order valence-electron chi connectivity index (χ1n) is 6.94. The van der Waals surface area contributed by atoms with Crippen LogP contribution in [-0.4, -0.2) is 18.5 Å². The molecule has 0 aromatic heterocycles. The van der Waals surface area contributed by atoms with Crippen molar-refractivity contribution in [3.63, 3.8) is 0 Å². The molecular weight excluding hydrogens is 351 g/mol. The fraction of sp³-hybridized carbons (Fsp3) is 0.533. The van der Waals surface area contributed by atoms with Gasteiger partial charge in [0.2, 0.25) is 5.91 Å². The second kappa shape index (κ2) is 7.12. The molecule has 1 amide bonds. The molecular formula is C15H21IN2O. The first-order valence-corrected chi connectivity index (χ1v) is 8.02. The van der Waals surface area contributed by atoms with Crippen molar-refractivity contribution in [2.75, 3.05) is 11.9 Å². The van der Waals surface area contributed by atoms with E-state index in [0.717, 1.165) is 12.1 Å². The van der Waals surface area contributed by atoms with Crippen LogP contribution in [0.15, 0.2) is 24.3 Å². The van der Waals surface area contributed by atoms with E-state index in [1.54, 1.807) is 0 Å². The molecule has 0 heterocycles. The van der Waals surface area contributed by atoms with Crippen molar-refractivity contribution >= 4 is 34.2 Å². The number of nitrogens with one attached hydrogen (secondary N) is 2. The van der Waals surface area contributed by atoms with Crippen molar-refractivity contribution in [1.29, 1.82) is 0 Å². The predicted octanol–water partition coefficient (Wildman–Crippen LogP) is 3.40. The highest BCUT2D eigenvalue weighted by atomic mass is 127. The quantitative estimate of drug-likeness (QED) is 0.796. The Labute approximate surface area is 128 Å². The van der Waals surface area contributed by atoms with Gasteiger partial charge in [0.25, 0.3) is 0 Å². The lowest BCUT2D eigenvalue weighted by Gasteiger charge is -2.29. The van der Waals surface area contributed by atoms with Gasteiger partial charge in [0.15, 0.2) is 0 Å². The molecule has 0 spiro atoms. The number of rotatable bonds is 4. The smallest absolute Gasteiger partial charge is 0.239 e. The van der Waals surface area contributed by atoms with Gasteiger partial charge in [0, 0.05) is 15.3 Å². The summed E-state index contributed by atoms with van der Waals surface area (Å²) in [6.45, 7) is 2.58. The van der Waals surface area contributed by atoms with Crippen LogP contribution in [0.2, 0.25) is 0 Å². The highest BCUT2D eigenvalue weighted by molar-refractivity contribution is 14.1. The lowest BCUT2D eigenvalue weighted by atomic mass is 9.86. The van der Waals surface area contributed by atoms with Gasteiger partial charge in [-0.1, -0.05) is 19.8 Å². The van der Waals surface area contributed by atoms with Crippen molar-refractivity contribution in [2.45, 2.75) is 38.6 Å². The average molecular weight is 372 g/mol. The molecule has 1 aliphatic carbocycles. The van der Waals surface area contributed by atoms with Gasteiger partial charge in [-0.25, -0.2) is 0 Å². The lowest BCUT2D eigenvalue weighted by molar-refractivity contribution is -0.120. The second-order valence-corrected chi connectivity index (χ2v) is 6.54. The number of anilines is 1. The highest BCUT2D eigenvalue weighted by Crippen LogP contribution is 2.23. The zero-order chi connectivity index (χ0) is 13.7. The van der Waals surface area contributed by atoms with E-state index in [1.165, 1.54) is 22.8 Å². The summed E-state index contributed by atoms with van der Waals surface area (Å²) in [6.07, 6.45) is 4.89. The fourth-order valence-electron chi connectivity index (χ4n) is 2.54. The Morgan fingerprint density at radius 3 is 2.63 bits per heavy atom. The van der Waals surface area contributed by atoms with Crippen molar-refractivity contribution in [3.05, 3.63) is 27.8 Å². The van der Waals surface area contributed by atoms with Crippen molar-refractivity contribution in [1.82, 2.24) is 5.32 Å². The van der Waals surface area contributed by atoms with E-state index in [1.807, 2.05) is 24.3 Å². The van der Waals surface area contributed by atoms with Gasteiger partial charge in [-0.15, -0.1) is 0 Å². The molecule has 1 saturated carbocycles. The number of hydrogen-bond acceptors (Lipinski definition) is 2. The first-order chi connectivity index (χ1) is 9.15. The Hall–Kier alpha value is -0.780. The van der Waals surface area contributed by atoms with Crippen LogP contribution >= 0.6 is 22.6 Å². The van der Waals surface area contributed by atoms with Crippen molar-refractivity contribution in [3.8, 4) is 0 Å². The van der Waals surface area contributed by atoms with Crippen molar-refractivity contribution in [2.24, 2.45) is 5.92 Å². The van der Waals surface area contributed by atoms with Crippen molar-refractivity contribution < 1.29 is 4.79 Å². The van der Waals surface area contributed by atoms with Crippen LogP contribution in [0.4, 0.5) is 5.69 Å². The van der Waals surface area contributed by atoms with Gasteiger partial charge in [0.05, 0.1) is 6.54 Å². The third-order valence-corrected chi connectivity index (χ3v) is 4.47. The second-order valence-electron chi connectivity index (χ2n) is 5.30. The van der Waals surface area contributed by atoms with E-state index in [2.05, 4.69) is 40.1 Å². The molecule has 19 heavy (non-hydrogen) atoms. The number of carbonyl (C=O) groups excluding carboxylic acids is 1. The SMILES string of the molecule is C[C@@H]1CCCC[C@H]1NC(=O)CNc1ccc(I)cc1. The van der Waals surface area contributed by atoms with E-state index < -0.39 is 0 Å². The minimum atomic E-state index is 0.0947. The maximum absolute atomic E-state index is 11.9. The molecule has 1 fully saturated rings. The van der Waals surface area contributed by atoms with Gasteiger partial charge >= 0.3 is 0 Å². The molecule has 1 aliphatic rings. The Morgan fingerprint density at radius 2 is 1.95 bits per heavy atom. The van der Waals surface area contributed by atoms with Gasteiger partial charge in [0.1, 0.15) is 0 Å². The predicted molar refractivity (Wildman–Crippen MR) is 87.2 cm³/mol. The normalized spacial score (nSPS) is 22.8. The molecule has 104 valence electrons. The fourth-order valence-corrected chi connectivity index (χ4v) is 2.90. The monoisotopic (exact) mass is 372 g/mol. The minimum absolute atomic E-state index is 0.0947. The number of amides is 1. The third kappa shape index (κ3) is 4.67. The van der Waals surface area contributed by atoms with Crippen LogP contribution in [0, 0.1) is 9.49 Å². The van der Waals surface area contributed by atoms with E-state index >= 15 is 0 Å². The van der Waals surface area contributed by atoms with E-state index in [-0.39, 0.29) is 5.91 Å². The first kappa shape index (κ1) is 14.6. The Kier molecular flexibility index (Phi) is 5.48. The molecule has 4 heteroatoms. The maximum Gasteiger partial charge on any atom is 0.239 e. The standard InChI is InChI=1S/C15H21IN2O/c1-11-4-2-3-5-14(11)18-15(19)10-17-13-8-6-12(16)7-9-13/h6-9,11,14,17H,2-5,10H2,1H3,(H,18,19)/t11-,14-/m1/s1. The van der Waals surface area contributed by atoms with Gasteiger partial charge in [-0.2, -0.15) is 0 Å². The van der Waals surface area contributed by atoms with Gasteiger partial charge in [-0.3, -0.25) is 4.79 Å². The molecule has 0 aliphatic heterocycles. The molecule has 1 aromatic rings. The van der Waals surface area contributed by atoms with Crippen LogP contribution in [0.3, 0.4) is 0 Å². The highest BCUT2D eigenvalue weighted by Gasteiger charge is 2.22. The molecule has 2 N–H and O–H groups in total.